The van der Waals surface area contributed by atoms with E-state index in [1.165, 1.54) is 42.5 Å². The van der Waals surface area contributed by atoms with Gasteiger partial charge in [-0.05, 0) is 63.1 Å². The number of benzene rings is 2. The van der Waals surface area contributed by atoms with Gasteiger partial charge in [0, 0.05) is 17.8 Å². The Balaban J connectivity index is 1.79. The SMILES string of the molecule is CC1CCCC(C)N1S(=O)(=O)c1ccc(NC(=O)c2ccccc2F)cc1. The number of hydrogen-bond donors (Lipinski definition) is 1. The molecular formula is C20H23FN2O3S. The molecule has 0 aromatic heterocycles. The molecule has 2 atom stereocenters. The Morgan fingerprint density at radius 3 is 2.22 bits per heavy atom. The number of carbonyl (C=O) groups excluding carboxylic acids is 1. The number of nitrogens with zero attached hydrogens (tertiary/aromatic N) is 1. The summed E-state index contributed by atoms with van der Waals surface area (Å²) in [6, 6.07) is 11.6. The first-order valence-corrected chi connectivity index (χ1v) is 10.4. The van der Waals surface area contributed by atoms with E-state index in [4.69, 9.17) is 0 Å². The van der Waals surface area contributed by atoms with Crippen molar-refractivity contribution in [2.45, 2.75) is 50.1 Å². The number of amides is 1. The number of halogens is 1. The fourth-order valence-electron chi connectivity index (χ4n) is 3.55. The van der Waals surface area contributed by atoms with E-state index in [0.717, 1.165) is 19.3 Å². The second kappa shape index (κ2) is 7.78. The fraction of sp³-hybridized carbons (Fsp3) is 0.350. The highest BCUT2D eigenvalue weighted by Crippen LogP contribution is 2.30. The summed E-state index contributed by atoms with van der Waals surface area (Å²) in [5, 5.41) is 2.59. The van der Waals surface area contributed by atoms with E-state index in [0.29, 0.717) is 5.69 Å². The molecule has 27 heavy (non-hydrogen) atoms. The van der Waals surface area contributed by atoms with Crippen molar-refractivity contribution in [3.8, 4) is 0 Å². The quantitative estimate of drug-likeness (QED) is 0.857. The minimum Gasteiger partial charge on any atom is -0.322 e. The lowest BCUT2D eigenvalue weighted by Crippen LogP contribution is -2.47. The molecule has 2 aromatic carbocycles. The van der Waals surface area contributed by atoms with Crippen molar-refractivity contribution in [1.29, 1.82) is 0 Å². The lowest BCUT2D eigenvalue weighted by atomic mass is 10.0. The first-order valence-electron chi connectivity index (χ1n) is 9.00. The highest BCUT2D eigenvalue weighted by Gasteiger charge is 2.35. The third kappa shape index (κ3) is 4.04. The van der Waals surface area contributed by atoms with E-state index in [9.17, 15) is 17.6 Å². The second-order valence-corrected chi connectivity index (χ2v) is 8.77. The Hall–Kier alpha value is -2.25. The molecule has 2 aromatic rings. The van der Waals surface area contributed by atoms with Gasteiger partial charge in [0.25, 0.3) is 5.91 Å². The molecule has 1 saturated heterocycles. The van der Waals surface area contributed by atoms with Crippen molar-refractivity contribution in [2.24, 2.45) is 0 Å². The molecule has 1 fully saturated rings. The minimum atomic E-state index is -3.60. The van der Waals surface area contributed by atoms with E-state index < -0.39 is 21.7 Å². The van der Waals surface area contributed by atoms with Crippen LogP contribution in [0, 0.1) is 5.82 Å². The maximum Gasteiger partial charge on any atom is 0.258 e. The van der Waals surface area contributed by atoms with E-state index in [1.807, 2.05) is 13.8 Å². The predicted molar refractivity (Wildman–Crippen MR) is 103 cm³/mol. The number of sulfonamides is 1. The fourth-order valence-corrected chi connectivity index (χ4v) is 5.43. The Kier molecular flexibility index (Phi) is 5.62. The monoisotopic (exact) mass is 390 g/mol. The Bertz CT molecular complexity index is 918. The molecule has 1 aliphatic rings. The van der Waals surface area contributed by atoms with E-state index >= 15 is 0 Å². The summed E-state index contributed by atoms with van der Waals surface area (Å²) < 4.78 is 41.3. The molecule has 3 rings (SSSR count). The zero-order valence-corrected chi connectivity index (χ0v) is 16.2. The molecule has 1 aliphatic heterocycles. The van der Waals surface area contributed by atoms with Crippen LogP contribution in [0.3, 0.4) is 0 Å². The number of rotatable bonds is 4. The summed E-state index contributed by atoms with van der Waals surface area (Å²) in [6.45, 7) is 3.85. The predicted octanol–water partition coefficient (Wildman–Crippen LogP) is 4.03. The average molecular weight is 390 g/mol. The Morgan fingerprint density at radius 2 is 1.63 bits per heavy atom. The smallest absolute Gasteiger partial charge is 0.258 e. The number of anilines is 1. The highest BCUT2D eigenvalue weighted by molar-refractivity contribution is 7.89. The van der Waals surface area contributed by atoms with Crippen LogP contribution < -0.4 is 5.32 Å². The van der Waals surface area contributed by atoms with Gasteiger partial charge in [0.15, 0.2) is 0 Å². The molecule has 2 unspecified atom stereocenters. The van der Waals surface area contributed by atoms with Crippen molar-refractivity contribution in [2.75, 3.05) is 5.32 Å². The Morgan fingerprint density at radius 1 is 1.04 bits per heavy atom. The Labute approximate surface area is 159 Å². The van der Waals surface area contributed by atoms with Crippen molar-refractivity contribution in [3.63, 3.8) is 0 Å². The lowest BCUT2D eigenvalue weighted by molar-refractivity contribution is 0.102. The van der Waals surface area contributed by atoms with Crippen molar-refractivity contribution < 1.29 is 17.6 Å². The van der Waals surface area contributed by atoms with Crippen LogP contribution in [-0.4, -0.2) is 30.7 Å². The number of piperidine rings is 1. The third-order valence-corrected chi connectivity index (χ3v) is 7.06. The number of carbonyl (C=O) groups is 1. The molecule has 1 amide bonds. The van der Waals surface area contributed by atoms with Crippen LogP contribution >= 0.6 is 0 Å². The first kappa shape index (κ1) is 19.5. The zero-order chi connectivity index (χ0) is 19.6. The molecule has 0 aliphatic carbocycles. The summed E-state index contributed by atoms with van der Waals surface area (Å²) in [5.74, 6) is -1.19. The normalized spacial score (nSPS) is 21.0. The van der Waals surface area contributed by atoms with Crippen LogP contribution in [-0.2, 0) is 10.0 Å². The van der Waals surface area contributed by atoms with Crippen molar-refractivity contribution in [1.82, 2.24) is 4.31 Å². The zero-order valence-electron chi connectivity index (χ0n) is 15.4. The molecule has 5 nitrogen and oxygen atoms in total. The van der Waals surface area contributed by atoms with Gasteiger partial charge in [-0.2, -0.15) is 4.31 Å². The molecule has 0 radical (unpaired) electrons. The molecule has 1 heterocycles. The first-order chi connectivity index (χ1) is 12.8. The minimum absolute atomic E-state index is 0.0424. The lowest BCUT2D eigenvalue weighted by Gasteiger charge is -2.37. The second-order valence-electron chi connectivity index (χ2n) is 6.92. The summed E-state index contributed by atoms with van der Waals surface area (Å²) in [5.41, 5.74) is 0.340. The van der Waals surface area contributed by atoms with Crippen LogP contribution in [0.2, 0.25) is 0 Å². The van der Waals surface area contributed by atoms with Crippen LogP contribution in [0.15, 0.2) is 53.4 Å². The average Bonchev–Trinajstić information content (AvgIpc) is 2.62. The van der Waals surface area contributed by atoms with Gasteiger partial charge in [-0.15, -0.1) is 0 Å². The third-order valence-electron chi connectivity index (χ3n) is 4.92. The van der Waals surface area contributed by atoms with Gasteiger partial charge in [0.05, 0.1) is 10.5 Å². The van der Waals surface area contributed by atoms with Gasteiger partial charge < -0.3 is 5.32 Å². The van der Waals surface area contributed by atoms with E-state index in [2.05, 4.69) is 5.32 Å². The van der Waals surface area contributed by atoms with Crippen LogP contribution in [0.4, 0.5) is 10.1 Å². The molecule has 0 saturated carbocycles. The van der Waals surface area contributed by atoms with Gasteiger partial charge in [0.1, 0.15) is 5.82 Å². The number of nitrogens with one attached hydrogen (secondary N) is 1. The van der Waals surface area contributed by atoms with Gasteiger partial charge in [-0.25, -0.2) is 12.8 Å². The van der Waals surface area contributed by atoms with Crippen LogP contribution in [0.25, 0.3) is 0 Å². The van der Waals surface area contributed by atoms with Gasteiger partial charge in [-0.1, -0.05) is 18.6 Å². The van der Waals surface area contributed by atoms with Crippen LogP contribution in [0.5, 0.6) is 0 Å². The molecule has 0 spiro atoms. The maximum atomic E-state index is 13.7. The number of hydrogen-bond acceptors (Lipinski definition) is 3. The molecular weight excluding hydrogens is 367 g/mol. The summed E-state index contributed by atoms with van der Waals surface area (Å²) in [7, 11) is -3.60. The van der Waals surface area contributed by atoms with Crippen LogP contribution in [0.1, 0.15) is 43.5 Å². The standard InChI is InChI=1S/C20H23FN2O3S/c1-14-6-5-7-15(2)23(14)27(25,26)17-12-10-16(11-13-17)22-20(24)18-8-3-4-9-19(18)21/h3-4,8-15H,5-7H2,1-2H3,(H,22,24). The van der Waals surface area contributed by atoms with E-state index in [-0.39, 0.29) is 22.5 Å². The summed E-state index contributed by atoms with van der Waals surface area (Å²) in [6.07, 6.45) is 2.72. The van der Waals surface area contributed by atoms with E-state index in [1.54, 1.807) is 10.4 Å². The van der Waals surface area contributed by atoms with Gasteiger partial charge in [-0.3, -0.25) is 4.79 Å². The molecule has 144 valence electrons. The maximum absolute atomic E-state index is 13.7. The molecule has 7 heteroatoms. The highest BCUT2D eigenvalue weighted by atomic mass is 32.2. The van der Waals surface area contributed by atoms with Crippen molar-refractivity contribution >= 4 is 21.6 Å². The topological polar surface area (TPSA) is 66.5 Å². The van der Waals surface area contributed by atoms with Gasteiger partial charge in [0.2, 0.25) is 10.0 Å². The summed E-state index contributed by atoms with van der Waals surface area (Å²) in [4.78, 5) is 12.4. The largest absolute Gasteiger partial charge is 0.322 e. The molecule has 0 bridgehead atoms. The molecule has 1 N–H and O–H groups in total. The van der Waals surface area contributed by atoms with Gasteiger partial charge >= 0.3 is 0 Å². The van der Waals surface area contributed by atoms with Crippen molar-refractivity contribution in [3.05, 3.63) is 59.9 Å². The summed E-state index contributed by atoms with van der Waals surface area (Å²) >= 11 is 0.